The van der Waals surface area contributed by atoms with Crippen molar-refractivity contribution in [3.63, 3.8) is 0 Å². The Hall–Kier alpha value is -0.120. The Labute approximate surface area is 93.2 Å². The van der Waals surface area contributed by atoms with Crippen LogP contribution in [0.1, 0.15) is 46.5 Å². The average molecular weight is 214 g/mol. The standard InChI is InChI=1S/C12H26N2O/c1-4-10(8-13)12(14)6-5-11(3,15)7-9(12)2/h9-10,15H,4-8,13-14H2,1-3H3/t9?,10-,11+,12+/m0/s1. The maximum atomic E-state index is 10.0. The molecule has 1 fully saturated rings. The summed E-state index contributed by atoms with van der Waals surface area (Å²) in [5.74, 6) is 0.721. The molecule has 4 atom stereocenters. The third kappa shape index (κ3) is 2.52. The Morgan fingerprint density at radius 3 is 2.47 bits per heavy atom. The van der Waals surface area contributed by atoms with Crippen LogP contribution in [0.15, 0.2) is 0 Å². The third-order valence-electron chi connectivity index (χ3n) is 4.30. The number of nitrogens with two attached hydrogens (primary N) is 2. The summed E-state index contributed by atoms with van der Waals surface area (Å²) in [6.45, 7) is 6.85. The van der Waals surface area contributed by atoms with Gasteiger partial charge >= 0.3 is 0 Å². The summed E-state index contributed by atoms with van der Waals surface area (Å²) in [4.78, 5) is 0. The van der Waals surface area contributed by atoms with Crippen molar-refractivity contribution in [1.29, 1.82) is 0 Å². The predicted molar refractivity (Wildman–Crippen MR) is 63.4 cm³/mol. The molecule has 0 amide bonds. The number of hydrogen-bond donors (Lipinski definition) is 3. The van der Waals surface area contributed by atoms with E-state index >= 15 is 0 Å². The first-order chi connectivity index (χ1) is 6.85. The average Bonchev–Trinajstić information content (AvgIpc) is 2.14. The van der Waals surface area contributed by atoms with Gasteiger partial charge in [-0.15, -0.1) is 0 Å². The zero-order valence-electron chi connectivity index (χ0n) is 10.3. The second kappa shape index (κ2) is 4.40. The predicted octanol–water partition coefficient (Wildman–Crippen LogP) is 1.24. The van der Waals surface area contributed by atoms with E-state index in [0.717, 1.165) is 25.7 Å². The molecule has 1 aliphatic carbocycles. The van der Waals surface area contributed by atoms with Gasteiger partial charge in [-0.3, -0.25) is 0 Å². The van der Waals surface area contributed by atoms with Gasteiger partial charge < -0.3 is 16.6 Å². The molecule has 0 aromatic rings. The van der Waals surface area contributed by atoms with E-state index < -0.39 is 5.60 Å². The minimum Gasteiger partial charge on any atom is -0.390 e. The molecule has 0 saturated heterocycles. The van der Waals surface area contributed by atoms with E-state index in [1.807, 2.05) is 6.92 Å². The van der Waals surface area contributed by atoms with Crippen molar-refractivity contribution in [1.82, 2.24) is 0 Å². The lowest BCUT2D eigenvalue weighted by molar-refractivity contribution is -0.0381. The first kappa shape index (κ1) is 12.9. The van der Waals surface area contributed by atoms with Gasteiger partial charge in [-0.1, -0.05) is 20.3 Å². The zero-order chi connectivity index (χ0) is 11.7. The van der Waals surface area contributed by atoms with Crippen molar-refractivity contribution in [2.24, 2.45) is 23.3 Å². The van der Waals surface area contributed by atoms with Gasteiger partial charge in [0.05, 0.1) is 5.60 Å². The second-order valence-corrected chi connectivity index (χ2v) is 5.56. The van der Waals surface area contributed by atoms with Crippen molar-refractivity contribution in [3.05, 3.63) is 0 Å². The molecule has 0 aromatic carbocycles. The summed E-state index contributed by atoms with van der Waals surface area (Å²) in [5, 5.41) is 10.0. The van der Waals surface area contributed by atoms with Crippen LogP contribution in [-0.2, 0) is 0 Å². The van der Waals surface area contributed by atoms with Gasteiger partial charge in [0, 0.05) is 5.54 Å². The number of aliphatic hydroxyl groups is 1. The van der Waals surface area contributed by atoms with Crippen molar-refractivity contribution in [2.45, 2.75) is 57.6 Å². The van der Waals surface area contributed by atoms with Crippen LogP contribution in [0.4, 0.5) is 0 Å². The Kier molecular flexibility index (Phi) is 3.80. The molecule has 0 heterocycles. The van der Waals surface area contributed by atoms with Gasteiger partial charge in [0.1, 0.15) is 0 Å². The molecule has 1 aliphatic rings. The molecule has 0 aliphatic heterocycles. The van der Waals surface area contributed by atoms with Crippen LogP contribution in [-0.4, -0.2) is 22.8 Å². The topological polar surface area (TPSA) is 72.3 Å². The molecule has 0 aromatic heterocycles. The summed E-state index contributed by atoms with van der Waals surface area (Å²) in [7, 11) is 0. The van der Waals surface area contributed by atoms with E-state index in [0.29, 0.717) is 18.4 Å². The molecule has 1 saturated carbocycles. The van der Waals surface area contributed by atoms with E-state index in [4.69, 9.17) is 11.5 Å². The highest BCUT2D eigenvalue weighted by Crippen LogP contribution is 2.42. The highest BCUT2D eigenvalue weighted by molar-refractivity contribution is 5.02. The largest absolute Gasteiger partial charge is 0.390 e. The molecule has 1 rings (SSSR count). The molecule has 0 bridgehead atoms. The monoisotopic (exact) mass is 214 g/mol. The quantitative estimate of drug-likeness (QED) is 0.662. The molecule has 0 radical (unpaired) electrons. The number of hydrogen-bond acceptors (Lipinski definition) is 3. The molecule has 5 N–H and O–H groups in total. The van der Waals surface area contributed by atoms with Gasteiger partial charge in [0.15, 0.2) is 0 Å². The first-order valence-corrected chi connectivity index (χ1v) is 6.07. The molecule has 3 nitrogen and oxygen atoms in total. The van der Waals surface area contributed by atoms with Crippen LogP contribution in [0.5, 0.6) is 0 Å². The van der Waals surface area contributed by atoms with Gasteiger partial charge in [0.25, 0.3) is 0 Å². The van der Waals surface area contributed by atoms with Crippen molar-refractivity contribution in [3.8, 4) is 0 Å². The summed E-state index contributed by atoms with van der Waals surface area (Å²) in [6, 6.07) is 0. The molecule has 15 heavy (non-hydrogen) atoms. The molecule has 1 unspecified atom stereocenters. The van der Waals surface area contributed by atoms with E-state index in [-0.39, 0.29) is 5.54 Å². The summed E-state index contributed by atoms with van der Waals surface area (Å²) in [6.07, 6.45) is 3.50. The minimum atomic E-state index is -0.533. The summed E-state index contributed by atoms with van der Waals surface area (Å²) in [5.41, 5.74) is 11.6. The van der Waals surface area contributed by atoms with E-state index in [1.165, 1.54) is 0 Å². The van der Waals surface area contributed by atoms with Crippen LogP contribution < -0.4 is 11.5 Å². The molecular weight excluding hydrogens is 188 g/mol. The van der Waals surface area contributed by atoms with Gasteiger partial charge in [-0.05, 0) is 44.6 Å². The highest BCUT2D eigenvalue weighted by Gasteiger charge is 2.45. The van der Waals surface area contributed by atoms with Gasteiger partial charge in [-0.25, -0.2) is 0 Å². The number of rotatable bonds is 3. The fraction of sp³-hybridized carbons (Fsp3) is 1.00. The molecule has 90 valence electrons. The van der Waals surface area contributed by atoms with Crippen molar-refractivity contribution < 1.29 is 5.11 Å². The SMILES string of the molecule is CC[C@@H](CN)[C@@]1(N)CC[C@@](C)(O)CC1C. The van der Waals surface area contributed by atoms with Crippen molar-refractivity contribution in [2.75, 3.05) is 6.54 Å². The second-order valence-electron chi connectivity index (χ2n) is 5.56. The summed E-state index contributed by atoms with van der Waals surface area (Å²) >= 11 is 0. The Balaban J connectivity index is 2.78. The van der Waals surface area contributed by atoms with Crippen molar-refractivity contribution >= 4 is 0 Å². The minimum absolute atomic E-state index is 0.175. The van der Waals surface area contributed by atoms with E-state index in [9.17, 15) is 5.11 Å². The molecular formula is C12H26N2O. The van der Waals surface area contributed by atoms with Crippen LogP contribution in [0.3, 0.4) is 0 Å². The lowest BCUT2D eigenvalue weighted by Gasteiger charge is -2.49. The molecule has 0 spiro atoms. The Morgan fingerprint density at radius 2 is 2.07 bits per heavy atom. The van der Waals surface area contributed by atoms with Crippen LogP contribution in [0, 0.1) is 11.8 Å². The Morgan fingerprint density at radius 1 is 1.47 bits per heavy atom. The molecule has 3 heteroatoms. The van der Waals surface area contributed by atoms with Crippen LogP contribution in [0.2, 0.25) is 0 Å². The third-order valence-corrected chi connectivity index (χ3v) is 4.30. The van der Waals surface area contributed by atoms with Crippen LogP contribution in [0.25, 0.3) is 0 Å². The zero-order valence-corrected chi connectivity index (χ0v) is 10.3. The smallest absolute Gasteiger partial charge is 0.0623 e. The first-order valence-electron chi connectivity index (χ1n) is 6.07. The maximum Gasteiger partial charge on any atom is 0.0623 e. The maximum absolute atomic E-state index is 10.0. The van der Waals surface area contributed by atoms with Gasteiger partial charge in [-0.2, -0.15) is 0 Å². The lowest BCUT2D eigenvalue weighted by Crippen LogP contribution is -2.59. The fourth-order valence-electron chi connectivity index (χ4n) is 3.06. The lowest BCUT2D eigenvalue weighted by atomic mass is 9.62. The highest BCUT2D eigenvalue weighted by atomic mass is 16.3. The van der Waals surface area contributed by atoms with Crippen LogP contribution >= 0.6 is 0 Å². The Bertz CT molecular complexity index is 214. The normalized spacial score (nSPS) is 44.0. The fourth-order valence-corrected chi connectivity index (χ4v) is 3.06. The van der Waals surface area contributed by atoms with E-state index in [2.05, 4.69) is 13.8 Å². The summed E-state index contributed by atoms with van der Waals surface area (Å²) < 4.78 is 0. The van der Waals surface area contributed by atoms with E-state index in [1.54, 1.807) is 0 Å². The van der Waals surface area contributed by atoms with Gasteiger partial charge in [0.2, 0.25) is 0 Å².